The van der Waals surface area contributed by atoms with Crippen LogP contribution in [0.5, 0.6) is 5.75 Å². The molecule has 0 fully saturated rings. The van der Waals surface area contributed by atoms with Crippen molar-refractivity contribution >= 4 is 21.6 Å². The maximum atomic E-state index is 11.3. The minimum atomic E-state index is -3.83. The van der Waals surface area contributed by atoms with E-state index in [4.69, 9.17) is 0 Å². The number of anilines is 1. The van der Waals surface area contributed by atoms with E-state index in [0.29, 0.717) is 0 Å². The Kier molecular flexibility index (Phi) is 3.86. The molecule has 0 bridgehead atoms. The molecule has 0 aromatic heterocycles. The van der Waals surface area contributed by atoms with Gasteiger partial charge in [-0.1, -0.05) is 6.92 Å². The van der Waals surface area contributed by atoms with Crippen LogP contribution in [0.3, 0.4) is 0 Å². The van der Waals surface area contributed by atoms with Crippen LogP contribution in [0.1, 0.15) is 6.92 Å². The molecule has 0 aliphatic carbocycles. The Hall–Kier alpha value is -1.87. The Morgan fingerprint density at radius 1 is 1.47 bits per heavy atom. The van der Waals surface area contributed by atoms with Crippen molar-refractivity contribution in [3.8, 4) is 5.75 Å². The number of phenolic OH excluding ortho intramolecular Hbond substituents is 1. The van der Waals surface area contributed by atoms with E-state index in [1.54, 1.807) is 6.92 Å². The maximum Gasteiger partial charge on any atom is 0.299 e. The summed E-state index contributed by atoms with van der Waals surface area (Å²) in [6.45, 7) is 1.73. The second kappa shape index (κ2) is 4.97. The lowest BCUT2D eigenvalue weighted by Gasteiger charge is -2.08. The quantitative estimate of drug-likeness (QED) is 0.406. The molecule has 0 aliphatic heterocycles. The average molecular weight is 261 g/mol. The zero-order chi connectivity index (χ0) is 13.1. The third kappa shape index (κ3) is 3.57. The molecule has 0 unspecified atom stereocenters. The Labute approximate surface area is 97.6 Å². The first-order valence-electron chi connectivity index (χ1n) is 4.60. The van der Waals surface area contributed by atoms with Gasteiger partial charge in [0.2, 0.25) is 0 Å². The van der Waals surface area contributed by atoms with Crippen LogP contribution in [0.25, 0.3) is 0 Å². The number of non-ortho nitro benzene ring substituents is 1. The Balaban J connectivity index is 3.06. The normalized spacial score (nSPS) is 11.1. The van der Waals surface area contributed by atoms with Gasteiger partial charge in [0, 0.05) is 18.7 Å². The van der Waals surface area contributed by atoms with E-state index in [1.165, 1.54) is 0 Å². The van der Waals surface area contributed by atoms with Gasteiger partial charge in [0.15, 0.2) is 0 Å². The van der Waals surface area contributed by atoms with Crippen molar-refractivity contribution in [2.45, 2.75) is 6.92 Å². The van der Waals surface area contributed by atoms with E-state index in [-0.39, 0.29) is 17.9 Å². The molecule has 0 amide bonds. The predicted octanol–water partition coefficient (Wildman–Crippen LogP) is 0.567. The van der Waals surface area contributed by atoms with Crippen molar-refractivity contribution in [1.29, 1.82) is 0 Å². The van der Waals surface area contributed by atoms with Gasteiger partial charge < -0.3 is 5.11 Å². The van der Waals surface area contributed by atoms with Crippen molar-refractivity contribution in [2.24, 2.45) is 0 Å². The SMILES string of the molecule is CCNS(=O)(=O)Nc1cc([N+](=O)[O-])ccc1O. The van der Waals surface area contributed by atoms with Gasteiger partial charge in [0.1, 0.15) is 5.75 Å². The van der Waals surface area contributed by atoms with Crippen molar-refractivity contribution in [2.75, 3.05) is 11.3 Å². The number of nitro benzene ring substituents is 1. The Morgan fingerprint density at radius 3 is 2.65 bits per heavy atom. The molecule has 0 saturated heterocycles. The molecule has 8 nitrogen and oxygen atoms in total. The molecule has 0 radical (unpaired) electrons. The van der Waals surface area contributed by atoms with Crippen molar-refractivity contribution in [3.05, 3.63) is 28.3 Å². The molecule has 0 aliphatic rings. The minimum Gasteiger partial charge on any atom is -0.506 e. The van der Waals surface area contributed by atoms with E-state index in [0.717, 1.165) is 18.2 Å². The lowest BCUT2D eigenvalue weighted by atomic mass is 10.2. The van der Waals surface area contributed by atoms with Crippen molar-refractivity contribution in [1.82, 2.24) is 4.72 Å². The minimum absolute atomic E-state index is 0.158. The number of phenols is 1. The van der Waals surface area contributed by atoms with Crippen LogP contribution < -0.4 is 9.44 Å². The zero-order valence-electron chi connectivity index (χ0n) is 8.87. The van der Waals surface area contributed by atoms with Gasteiger partial charge in [-0.15, -0.1) is 0 Å². The smallest absolute Gasteiger partial charge is 0.299 e. The van der Waals surface area contributed by atoms with Gasteiger partial charge in [-0.25, -0.2) is 0 Å². The largest absolute Gasteiger partial charge is 0.506 e. The molecule has 0 heterocycles. The van der Waals surface area contributed by atoms with Gasteiger partial charge in [-0.05, 0) is 6.07 Å². The molecule has 9 heteroatoms. The number of nitrogens with zero attached hydrogens (tertiary/aromatic N) is 1. The Morgan fingerprint density at radius 2 is 2.12 bits per heavy atom. The number of hydrogen-bond acceptors (Lipinski definition) is 5. The highest BCUT2D eigenvalue weighted by atomic mass is 32.2. The fourth-order valence-corrected chi connectivity index (χ4v) is 2.00. The maximum absolute atomic E-state index is 11.3. The third-order valence-electron chi connectivity index (χ3n) is 1.77. The van der Waals surface area contributed by atoms with Gasteiger partial charge in [0.05, 0.1) is 10.6 Å². The summed E-state index contributed by atoms with van der Waals surface area (Å²) in [5.74, 6) is -0.392. The number of nitro groups is 1. The fraction of sp³-hybridized carbons (Fsp3) is 0.250. The van der Waals surface area contributed by atoms with Crippen LogP contribution in [0, 0.1) is 10.1 Å². The summed E-state index contributed by atoms with van der Waals surface area (Å²) in [6, 6.07) is 3.05. The summed E-state index contributed by atoms with van der Waals surface area (Å²) in [5.41, 5.74) is -0.572. The zero-order valence-corrected chi connectivity index (χ0v) is 9.69. The summed E-state index contributed by atoms with van der Waals surface area (Å²) < 4.78 is 26.8. The van der Waals surface area contributed by atoms with E-state index < -0.39 is 20.9 Å². The first-order valence-corrected chi connectivity index (χ1v) is 6.09. The number of rotatable bonds is 5. The molecule has 0 spiro atoms. The van der Waals surface area contributed by atoms with Crippen molar-refractivity contribution in [3.63, 3.8) is 0 Å². The highest BCUT2D eigenvalue weighted by Crippen LogP contribution is 2.28. The molecule has 1 aromatic carbocycles. The summed E-state index contributed by atoms with van der Waals surface area (Å²) in [5, 5.41) is 19.9. The molecule has 1 aromatic rings. The molecular formula is C8H11N3O5S. The second-order valence-electron chi connectivity index (χ2n) is 3.06. The first-order chi connectivity index (χ1) is 7.85. The Bertz CT molecular complexity index is 528. The van der Waals surface area contributed by atoms with Gasteiger partial charge in [-0.3, -0.25) is 14.8 Å². The van der Waals surface area contributed by atoms with Crippen LogP contribution in [0.15, 0.2) is 18.2 Å². The van der Waals surface area contributed by atoms with Gasteiger partial charge in [-0.2, -0.15) is 13.1 Å². The molecule has 0 saturated carbocycles. The fourth-order valence-electron chi connectivity index (χ4n) is 1.09. The average Bonchev–Trinajstić information content (AvgIpc) is 2.20. The van der Waals surface area contributed by atoms with Crippen LogP contribution >= 0.6 is 0 Å². The highest BCUT2D eigenvalue weighted by Gasteiger charge is 2.15. The molecule has 0 atom stereocenters. The summed E-state index contributed by atoms with van der Waals surface area (Å²) >= 11 is 0. The molecule has 3 N–H and O–H groups in total. The van der Waals surface area contributed by atoms with E-state index in [1.807, 2.05) is 4.72 Å². The molecule has 17 heavy (non-hydrogen) atoms. The third-order valence-corrected chi connectivity index (χ3v) is 2.93. The highest BCUT2D eigenvalue weighted by molar-refractivity contribution is 7.90. The molecular weight excluding hydrogens is 250 g/mol. The van der Waals surface area contributed by atoms with E-state index >= 15 is 0 Å². The van der Waals surface area contributed by atoms with Crippen LogP contribution in [-0.2, 0) is 10.2 Å². The van der Waals surface area contributed by atoms with Gasteiger partial charge >= 0.3 is 0 Å². The number of nitrogens with one attached hydrogen (secondary N) is 2. The van der Waals surface area contributed by atoms with Gasteiger partial charge in [0.25, 0.3) is 15.9 Å². The first kappa shape index (κ1) is 13.2. The van der Waals surface area contributed by atoms with Crippen LogP contribution in [0.2, 0.25) is 0 Å². The van der Waals surface area contributed by atoms with E-state index in [9.17, 15) is 23.6 Å². The monoisotopic (exact) mass is 261 g/mol. The van der Waals surface area contributed by atoms with Crippen LogP contribution in [0.4, 0.5) is 11.4 Å². The topological polar surface area (TPSA) is 122 Å². The molecule has 94 valence electrons. The summed E-state index contributed by atoms with van der Waals surface area (Å²) in [6.07, 6.45) is 0. The predicted molar refractivity (Wildman–Crippen MR) is 61.0 cm³/mol. The lowest BCUT2D eigenvalue weighted by Crippen LogP contribution is -2.29. The van der Waals surface area contributed by atoms with Crippen LogP contribution in [-0.4, -0.2) is 25.0 Å². The molecule has 1 rings (SSSR count). The standard InChI is InChI=1S/C8H11N3O5S/c1-2-9-17(15,16)10-7-5-6(11(13)14)3-4-8(7)12/h3-5,9-10,12H,2H2,1H3. The summed E-state index contributed by atoms with van der Waals surface area (Å²) in [7, 11) is -3.83. The number of aromatic hydroxyl groups is 1. The number of benzene rings is 1. The summed E-state index contributed by atoms with van der Waals surface area (Å²) in [4.78, 5) is 9.80. The van der Waals surface area contributed by atoms with Crippen molar-refractivity contribution < 1.29 is 18.4 Å². The second-order valence-corrected chi connectivity index (χ2v) is 4.56. The van der Waals surface area contributed by atoms with E-state index in [2.05, 4.69) is 4.72 Å². The lowest BCUT2D eigenvalue weighted by molar-refractivity contribution is -0.384. The number of hydrogen-bond donors (Lipinski definition) is 3.